The first-order chi connectivity index (χ1) is 15.2. The SMILES string of the molecule is COc1ccc(NC(=O)CN(Cc2ccc(C)cc2)S(=O)(=O)c2ccc(Br)cc2)cc1Cl. The van der Waals surface area contributed by atoms with Crippen molar-refractivity contribution in [2.24, 2.45) is 0 Å². The Labute approximate surface area is 201 Å². The average Bonchev–Trinajstić information content (AvgIpc) is 2.75. The number of carbonyl (C=O) groups is 1. The van der Waals surface area contributed by atoms with Gasteiger partial charge in [-0.2, -0.15) is 4.31 Å². The Morgan fingerprint density at radius 1 is 1.06 bits per heavy atom. The number of nitrogens with zero attached hydrogens (tertiary/aromatic N) is 1. The van der Waals surface area contributed by atoms with E-state index >= 15 is 0 Å². The monoisotopic (exact) mass is 536 g/mol. The Morgan fingerprint density at radius 3 is 2.31 bits per heavy atom. The summed E-state index contributed by atoms with van der Waals surface area (Å²) in [5.74, 6) is -0.0116. The van der Waals surface area contributed by atoms with Gasteiger partial charge < -0.3 is 10.1 Å². The van der Waals surface area contributed by atoms with Crippen LogP contribution in [0.4, 0.5) is 5.69 Å². The second-order valence-electron chi connectivity index (χ2n) is 7.11. The molecule has 3 rings (SSSR count). The summed E-state index contributed by atoms with van der Waals surface area (Å²) >= 11 is 9.43. The number of rotatable bonds is 8. The minimum absolute atomic E-state index is 0.0511. The fourth-order valence-corrected chi connectivity index (χ4v) is 4.89. The first-order valence-corrected chi connectivity index (χ1v) is 12.2. The van der Waals surface area contributed by atoms with Gasteiger partial charge in [-0.25, -0.2) is 8.42 Å². The van der Waals surface area contributed by atoms with Crippen molar-refractivity contribution in [1.82, 2.24) is 4.31 Å². The lowest BCUT2D eigenvalue weighted by atomic mass is 10.1. The van der Waals surface area contributed by atoms with Gasteiger partial charge in [0.15, 0.2) is 0 Å². The summed E-state index contributed by atoms with van der Waals surface area (Å²) in [5.41, 5.74) is 2.28. The maximum atomic E-state index is 13.3. The van der Waals surface area contributed by atoms with Crippen LogP contribution in [-0.4, -0.2) is 32.3 Å². The first kappa shape index (κ1) is 24.3. The summed E-state index contributed by atoms with van der Waals surface area (Å²) in [4.78, 5) is 12.9. The normalized spacial score (nSPS) is 11.4. The summed E-state index contributed by atoms with van der Waals surface area (Å²) in [7, 11) is -2.43. The number of nitrogens with one attached hydrogen (secondary N) is 1. The third kappa shape index (κ3) is 6.10. The fourth-order valence-electron chi connectivity index (χ4n) is 2.98. The number of benzene rings is 3. The van der Waals surface area contributed by atoms with E-state index in [9.17, 15) is 13.2 Å². The first-order valence-electron chi connectivity index (χ1n) is 9.63. The number of amides is 1. The molecule has 0 atom stereocenters. The lowest BCUT2D eigenvalue weighted by Crippen LogP contribution is -2.37. The van der Waals surface area contributed by atoms with E-state index in [4.69, 9.17) is 16.3 Å². The Morgan fingerprint density at radius 2 is 1.72 bits per heavy atom. The number of halogens is 2. The molecule has 9 heteroatoms. The molecule has 1 amide bonds. The highest BCUT2D eigenvalue weighted by atomic mass is 79.9. The molecule has 6 nitrogen and oxygen atoms in total. The predicted octanol–water partition coefficient (Wildman–Crippen LogP) is 5.25. The molecule has 3 aromatic rings. The summed E-state index contributed by atoms with van der Waals surface area (Å²) in [5, 5.41) is 3.04. The zero-order valence-corrected chi connectivity index (χ0v) is 20.7. The quantitative estimate of drug-likeness (QED) is 0.426. The Bertz CT molecular complexity index is 1200. The predicted molar refractivity (Wildman–Crippen MR) is 130 cm³/mol. The van der Waals surface area contributed by atoms with Crippen molar-refractivity contribution in [2.45, 2.75) is 18.4 Å². The molecule has 0 bridgehead atoms. The summed E-state index contributed by atoms with van der Waals surface area (Å²) in [6.07, 6.45) is 0. The lowest BCUT2D eigenvalue weighted by Gasteiger charge is -2.22. The van der Waals surface area contributed by atoms with Gasteiger partial charge in [-0.05, 0) is 55.0 Å². The van der Waals surface area contributed by atoms with Crippen LogP contribution in [0.1, 0.15) is 11.1 Å². The molecule has 0 saturated carbocycles. The Hall–Kier alpha value is -2.39. The van der Waals surface area contributed by atoms with E-state index in [0.29, 0.717) is 16.5 Å². The number of carbonyl (C=O) groups excluding carboxylic acids is 1. The van der Waals surface area contributed by atoms with Gasteiger partial charge in [-0.3, -0.25) is 4.79 Å². The van der Waals surface area contributed by atoms with E-state index in [1.54, 1.807) is 30.3 Å². The fraction of sp³-hybridized carbons (Fsp3) is 0.174. The molecule has 0 aliphatic carbocycles. The summed E-state index contributed by atoms with van der Waals surface area (Å²) < 4.78 is 33.7. The van der Waals surface area contributed by atoms with Crippen LogP contribution in [0, 0.1) is 6.92 Å². The molecule has 168 valence electrons. The topological polar surface area (TPSA) is 75.7 Å². The molecule has 0 spiro atoms. The summed E-state index contributed by atoms with van der Waals surface area (Å²) in [6.45, 7) is 1.64. The highest BCUT2D eigenvalue weighted by Gasteiger charge is 2.27. The van der Waals surface area contributed by atoms with Gasteiger partial charge in [-0.15, -0.1) is 0 Å². The Balaban J connectivity index is 1.86. The van der Waals surface area contributed by atoms with E-state index in [1.807, 2.05) is 31.2 Å². The molecule has 0 saturated heterocycles. The molecule has 1 N–H and O–H groups in total. The standard InChI is InChI=1S/C23H22BrClN2O4S/c1-16-3-5-17(6-4-16)14-27(32(29,30)20-10-7-18(24)8-11-20)15-23(28)26-19-9-12-22(31-2)21(25)13-19/h3-13H,14-15H2,1-2H3,(H,26,28). The van der Waals surface area contributed by atoms with E-state index in [2.05, 4.69) is 21.2 Å². The second kappa shape index (κ2) is 10.5. The average molecular weight is 538 g/mol. The zero-order chi connectivity index (χ0) is 23.3. The highest BCUT2D eigenvalue weighted by molar-refractivity contribution is 9.10. The number of hydrogen-bond donors (Lipinski definition) is 1. The van der Waals surface area contributed by atoms with Crippen LogP contribution in [0.2, 0.25) is 5.02 Å². The van der Waals surface area contributed by atoms with Crippen LogP contribution < -0.4 is 10.1 Å². The van der Waals surface area contributed by atoms with Crippen molar-refractivity contribution in [1.29, 1.82) is 0 Å². The van der Waals surface area contributed by atoms with Gasteiger partial charge in [0, 0.05) is 16.7 Å². The molecular formula is C23H22BrClN2O4S. The van der Waals surface area contributed by atoms with Crippen molar-refractivity contribution < 1.29 is 17.9 Å². The van der Waals surface area contributed by atoms with Crippen molar-refractivity contribution in [3.63, 3.8) is 0 Å². The number of methoxy groups -OCH3 is 1. The molecule has 3 aromatic carbocycles. The van der Waals surface area contributed by atoms with E-state index in [0.717, 1.165) is 19.9 Å². The maximum absolute atomic E-state index is 13.3. The smallest absolute Gasteiger partial charge is 0.243 e. The third-order valence-corrected chi connectivity index (χ3v) is 7.32. The van der Waals surface area contributed by atoms with Crippen molar-refractivity contribution in [3.05, 3.63) is 87.4 Å². The van der Waals surface area contributed by atoms with E-state index < -0.39 is 15.9 Å². The molecule has 32 heavy (non-hydrogen) atoms. The van der Waals surface area contributed by atoms with E-state index in [1.165, 1.54) is 19.2 Å². The van der Waals surface area contributed by atoms with Crippen LogP contribution in [0.15, 0.2) is 76.1 Å². The van der Waals surface area contributed by atoms with Gasteiger partial charge in [0.05, 0.1) is 23.6 Å². The number of sulfonamides is 1. The minimum Gasteiger partial charge on any atom is -0.495 e. The Kier molecular flexibility index (Phi) is 7.95. The zero-order valence-electron chi connectivity index (χ0n) is 17.5. The number of hydrogen-bond acceptors (Lipinski definition) is 4. The molecule has 0 unspecified atom stereocenters. The van der Waals surface area contributed by atoms with Crippen molar-refractivity contribution >= 4 is 49.1 Å². The van der Waals surface area contributed by atoms with Gasteiger partial charge in [0.1, 0.15) is 5.75 Å². The summed E-state index contributed by atoms with van der Waals surface area (Å²) in [6, 6.07) is 18.6. The van der Waals surface area contributed by atoms with Crippen molar-refractivity contribution in [2.75, 3.05) is 19.0 Å². The molecule has 0 radical (unpaired) electrons. The molecule has 0 fully saturated rings. The maximum Gasteiger partial charge on any atom is 0.243 e. The van der Waals surface area contributed by atoms with Gasteiger partial charge in [-0.1, -0.05) is 57.4 Å². The number of aryl methyl sites for hydroxylation is 1. The second-order valence-corrected chi connectivity index (χ2v) is 10.4. The molecule has 0 heterocycles. The lowest BCUT2D eigenvalue weighted by molar-refractivity contribution is -0.116. The third-order valence-electron chi connectivity index (χ3n) is 4.69. The largest absolute Gasteiger partial charge is 0.495 e. The molecule has 0 aliphatic rings. The number of ether oxygens (including phenoxy) is 1. The van der Waals surface area contributed by atoms with Gasteiger partial charge in [0.25, 0.3) is 0 Å². The highest BCUT2D eigenvalue weighted by Crippen LogP contribution is 2.27. The van der Waals surface area contributed by atoms with Crippen LogP contribution in [0.5, 0.6) is 5.75 Å². The van der Waals surface area contributed by atoms with Crippen LogP contribution in [-0.2, 0) is 21.4 Å². The minimum atomic E-state index is -3.93. The molecule has 0 aliphatic heterocycles. The van der Waals surface area contributed by atoms with E-state index in [-0.39, 0.29) is 18.0 Å². The van der Waals surface area contributed by atoms with Crippen LogP contribution in [0.3, 0.4) is 0 Å². The molecular weight excluding hydrogens is 516 g/mol. The van der Waals surface area contributed by atoms with Crippen molar-refractivity contribution in [3.8, 4) is 5.75 Å². The molecule has 0 aromatic heterocycles. The number of anilines is 1. The van der Waals surface area contributed by atoms with Gasteiger partial charge >= 0.3 is 0 Å². The van der Waals surface area contributed by atoms with Gasteiger partial charge in [0.2, 0.25) is 15.9 Å². The van der Waals surface area contributed by atoms with Crippen LogP contribution >= 0.6 is 27.5 Å². The van der Waals surface area contributed by atoms with Crippen LogP contribution in [0.25, 0.3) is 0 Å².